The lowest BCUT2D eigenvalue weighted by molar-refractivity contribution is -0.119. The molecule has 1 atom stereocenters. The fourth-order valence-electron chi connectivity index (χ4n) is 1.81. The first-order chi connectivity index (χ1) is 8.11. The molecule has 0 aliphatic rings. The highest BCUT2D eigenvalue weighted by molar-refractivity contribution is 5.81. The van der Waals surface area contributed by atoms with Crippen LogP contribution in [0.4, 0.5) is 0 Å². The molecule has 0 aromatic heterocycles. The molecule has 1 aromatic rings. The van der Waals surface area contributed by atoms with E-state index in [0.717, 1.165) is 12.0 Å². The number of benzene rings is 1. The quantitative estimate of drug-likeness (QED) is 0.697. The van der Waals surface area contributed by atoms with Crippen LogP contribution in [0.2, 0.25) is 0 Å². The molecule has 17 heavy (non-hydrogen) atoms. The van der Waals surface area contributed by atoms with Crippen molar-refractivity contribution in [3.63, 3.8) is 0 Å². The summed E-state index contributed by atoms with van der Waals surface area (Å²) in [6.07, 6.45) is 2.49. The SMILES string of the molecule is NC(=O)CCCCC(C(N)=O)c1ccccc1. The monoisotopic (exact) mass is 234 g/mol. The smallest absolute Gasteiger partial charge is 0.224 e. The summed E-state index contributed by atoms with van der Waals surface area (Å²) in [6, 6.07) is 9.45. The highest BCUT2D eigenvalue weighted by Crippen LogP contribution is 2.21. The van der Waals surface area contributed by atoms with Crippen molar-refractivity contribution in [3.8, 4) is 0 Å². The second kappa shape index (κ2) is 6.68. The van der Waals surface area contributed by atoms with Gasteiger partial charge < -0.3 is 11.5 Å². The van der Waals surface area contributed by atoms with E-state index in [0.29, 0.717) is 19.3 Å². The summed E-state index contributed by atoms with van der Waals surface area (Å²) in [5, 5.41) is 0. The van der Waals surface area contributed by atoms with E-state index in [4.69, 9.17) is 11.5 Å². The summed E-state index contributed by atoms with van der Waals surface area (Å²) in [6.45, 7) is 0. The van der Waals surface area contributed by atoms with Gasteiger partial charge in [-0.3, -0.25) is 9.59 Å². The zero-order valence-corrected chi connectivity index (χ0v) is 9.76. The van der Waals surface area contributed by atoms with Crippen LogP contribution in [-0.2, 0) is 9.59 Å². The summed E-state index contributed by atoms with van der Waals surface area (Å²) in [4.78, 5) is 21.9. The van der Waals surface area contributed by atoms with Gasteiger partial charge in [0.15, 0.2) is 0 Å². The number of unbranched alkanes of at least 4 members (excludes halogenated alkanes) is 1. The van der Waals surface area contributed by atoms with Crippen LogP contribution in [0.1, 0.15) is 37.2 Å². The van der Waals surface area contributed by atoms with Gasteiger partial charge in [0.1, 0.15) is 0 Å². The zero-order chi connectivity index (χ0) is 12.7. The van der Waals surface area contributed by atoms with Crippen molar-refractivity contribution in [1.82, 2.24) is 0 Å². The number of rotatable bonds is 7. The molecule has 0 fully saturated rings. The maximum atomic E-state index is 11.4. The Morgan fingerprint density at radius 3 is 2.24 bits per heavy atom. The average Bonchev–Trinajstić information content (AvgIpc) is 2.29. The van der Waals surface area contributed by atoms with Crippen molar-refractivity contribution in [2.75, 3.05) is 0 Å². The van der Waals surface area contributed by atoms with Crippen molar-refractivity contribution in [2.24, 2.45) is 11.5 Å². The number of amides is 2. The molecule has 4 N–H and O–H groups in total. The van der Waals surface area contributed by atoms with E-state index in [1.807, 2.05) is 30.3 Å². The van der Waals surface area contributed by atoms with Crippen molar-refractivity contribution < 1.29 is 9.59 Å². The normalized spacial score (nSPS) is 12.0. The van der Waals surface area contributed by atoms with Crippen molar-refractivity contribution in [3.05, 3.63) is 35.9 Å². The van der Waals surface area contributed by atoms with Crippen molar-refractivity contribution in [1.29, 1.82) is 0 Å². The molecule has 0 aliphatic carbocycles. The Kier molecular flexibility index (Phi) is 5.20. The van der Waals surface area contributed by atoms with Crippen molar-refractivity contribution >= 4 is 11.8 Å². The predicted octanol–water partition coefficient (Wildman–Crippen LogP) is 1.30. The molecule has 2 amide bonds. The van der Waals surface area contributed by atoms with E-state index in [2.05, 4.69) is 0 Å². The van der Waals surface area contributed by atoms with Crippen LogP contribution in [0, 0.1) is 0 Å². The summed E-state index contributed by atoms with van der Waals surface area (Å²) in [5.74, 6) is -0.903. The number of nitrogens with two attached hydrogens (primary N) is 2. The molecule has 92 valence electrons. The average molecular weight is 234 g/mol. The fraction of sp³-hybridized carbons (Fsp3) is 0.385. The van der Waals surface area contributed by atoms with Crippen LogP contribution in [0.5, 0.6) is 0 Å². The number of hydrogen-bond acceptors (Lipinski definition) is 2. The van der Waals surface area contributed by atoms with E-state index in [9.17, 15) is 9.59 Å². The van der Waals surface area contributed by atoms with Gasteiger partial charge in [0.2, 0.25) is 11.8 Å². The first kappa shape index (κ1) is 13.2. The molecule has 0 spiro atoms. The molecule has 0 heterocycles. The van der Waals surface area contributed by atoms with E-state index < -0.39 is 0 Å². The maximum absolute atomic E-state index is 11.4. The third kappa shape index (κ3) is 4.68. The van der Waals surface area contributed by atoms with Crippen LogP contribution in [0.15, 0.2) is 30.3 Å². The van der Waals surface area contributed by atoms with E-state index in [1.165, 1.54) is 0 Å². The Labute approximate surface area is 101 Å². The third-order valence-corrected chi connectivity index (χ3v) is 2.71. The van der Waals surface area contributed by atoms with Gasteiger partial charge in [0, 0.05) is 6.42 Å². The highest BCUT2D eigenvalue weighted by atomic mass is 16.1. The minimum Gasteiger partial charge on any atom is -0.370 e. The standard InChI is InChI=1S/C13H18N2O2/c14-12(16)9-5-4-8-11(13(15)17)10-6-2-1-3-7-10/h1-3,6-7,11H,4-5,8-9H2,(H2,14,16)(H2,15,17). The molecule has 4 nitrogen and oxygen atoms in total. The van der Waals surface area contributed by atoms with Gasteiger partial charge in [-0.25, -0.2) is 0 Å². The Morgan fingerprint density at radius 2 is 1.71 bits per heavy atom. The van der Waals surface area contributed by atoms with Crippen molar-refractivity contribution in [2.45, 2.75) is 31.6 Å². The molecule has 0 saturated carbocycles. The summed E-state index contributed by atoms with van der Waals surface area (Å²) in [5.41, 5.74) is 11.4. The maximum Gasteiger partial charge on any atom is 0.224 e. The highest BCUT2D eigenvalue weighted by Gasteiger charge is 2.16. The number of carbonyl (C=O) groups is 2. The van der Waals surface area contributed by atoms with Crippen LogP contribution in [0.3, 0.4) is 0 Å². The predicted molar refractivity (Wildman–Crippen MR) is 66.0 cm³/mol. The topological polar surface area (TPSA) is 86.2 Å². The minimum atomic E-state index is -0.324. The van der Waals surface area contributed by atoms with Gasteiger partial charge in [0.05, 0.1) is 5.92 Å². The van der Waals surface area contributed by atoms with Gasteiger partial charge in [-0.15, -0.1) is 0 Å². The molecular formula is C13H18N2O2. The Bertz CT molecular complexity index is 376. The molecular weight excluding hydrogens is 216 g/mol. The van der Waals surface area contributed by atoms with Gasteiger partial charge in [-0.2, -0.15) is 0 Å². The molecule has 0 saturated heterocycles. The third-order valence-electron chi connectivity index (χ3n) is 2.71. The number of hydrogen-bond donors (Lipinski definition) is 2. The molecule has 1 aromatic carbocycles. The second-order valence-corrected chi connectivity index (χ2v) is 4.08. The summed E-state index contributed by atoms with van der Waals surface area (Å²) < 4.78 is 0. The van der Waals surface area contributed by atoms with Crippen LogP contribution in [0.25, 0.3) is 0 Å². The van der Waals surface area contributed by atoms with E-state index >= 15 is 0 Å². The fourth-order valence-corrected chi connectivity index (χ4v) is 1.81. The van der Waals surface area contributed by atoms with Gasteiger partial charge >= 0.3 is 0 Å². The molecule has 1 rings (SSSR count). The molecule has 0 bridgehead atoms. The molecule has 1 unspecified atom stereocenters. The minimum absolute atomic E-state index is 0.274. The Morgan fingerprint density at radius 1 is 1.06 bits per heavy atom. The largest absolute Gasteiger partial charge is 0.370 e. The lowest BCUT2D eigenvalue weighted by atomic mass is 9.92. The first-order valence-corrected chi connectivity index (χ1v) is 5.74. The second-order valence-electron chi connectivity index (χ2n) is 4.08. The van der Waals surface area contributed by atoms with Crippen LogP contribution < -0.4 is 11.5 Å². The van der Waals surface area contributed by atoms with Gasteiger partial charge in [-0.05, 0) is 18.4 Å². The number of carbonyl (C=O) groups excluding carboxylic acids is 2. The van der Waals surface area contributed by atoms with Gasteiger partial charge in [-0.1, -0.05) is 36.8 Å². The number of primary amides is 2. The molecule has 4 heteroatoms. The van der Waals surface area contributed by atoms with E-state index in [-0.39, 0.29) is 17.7 Å². The lowest BCUT2D eigenvalue weighted by Gasteiger charge is -2.13. The summed E-state index contributed by atoms with van der Waals surface area (Å²) >= 11 is 0. The lowest BCUT2D eigenvalue weighted by Crippen LogP contribution is -2.21. The van der Waals surface area contributed by atoms with Crippen LogP contribution in [-0.4, -0.2) is 11.8 Å². The summed E-state index contributed by atoms with van der Waals surface area (Å²) in [7, 11) is 0. The zero-order valence-electron chi connectivity index (χ0n) is 9.76. The molecule has 0 radical (unpaired) electrons. The van der Waals surface area contributed by atoms with Gasteiger partial charge in [0.25, 0.3) is 0 Å². The first-order valence-electron chi connectivity index (χ1n) is 5.74. The molecule has 0 aliphatic heterocycles. The van der Waals surface area contributed by atoms with Crippen LogP contribution >= 0.6 is 0 Å². The van der Waals surface area contributed by atoms with E-state index in [1.54, 1.807) is 0 Å². The Hall–Kier alpha value is -1.84. The Balaban J connectivity index is 2.51.